The first-order valence-electron chi connectivity index (χ1n) is 7.39. The monoisotopic (exact) mass is 308 g/mol. The number of piperazine rings is 1. The van der Waals surface area contributed by atoms with E-state index in [0.29, 0.717) is 38.6 Å². The fourth-order valence-electron chi connectivity index (χ4n) is 2.19. The van der Waals surface area contributed by atoms with E-state index < -0.39 is 4.92 Å². The third-order valence-corrected chi connectivity index (χ3v) is 3.53. The Bertz CT molecular complexity index is 512. The summed E-state index contributed by atoms with van der Waals surface area (Å²) >= 11 is 0. The Balaban J connectivity index is 1.83. The largest absolute Gasteiger partial charge is 0.449 e. The summed E-state index contributed by atoms with van der Waals surface area (Å²) in [4.78, 5) is 29.7. The number of hydrogen-bond acceptors (Lipinski definition) is 6. The van der Waals surface area contributed by atoms with E-state index in [1.54, 1.807) is 11.0 Å². The molecule has 1 aromatic rings. The molecule has 1 saturated heterocycles. The summed E-state index contributed by atoms with van der Waals surface area (Å²) in [7, 11) is 0. The van der Waals surface area contributed by atoms with Crippen LogP contribution in [0.25, 0.3) is 0 Å². The van der Waals surface area contributed by atoms with E-state index in [2.05, 4.69) is 4.98 Å². The molecule has 22 heavy (non-hydrogen) atoms. The van der Waals surface area contributed by atoms with Crippen LogP contribution in [0, 0.1) is 10.1 Å². The Morgan fingerprint density at radius 1 is 1.36 bits per heavy atom. The van der Waals surface area contributed by atoms with Crippen molar-refractivity contribution in [2.45, 2.75) is 19.8 Å². The number of unbranched alkanes of at least 4 members (excludes halogenated alkanes) is 1. The number of rotatable bonds is 5. The first-order valence-corrected chi connectivity index (χ1v) is 7.39. The Morgan fingerprint density at radius 2 is 2.09 bits per heavy atom. The number of carbonyl (C=O) groups excluding carboxylic acids is 1. The Hall–Kier alpha value is -2.38. The second kappa shape index (κ2) is 7.58. The minimum absolute atomic E-state index is 0.0260. The lowest BCUT2D eigenvalue weighted by molar-refractivity contribution is -0.385. The molecule has 8 heteroatoms. The van der Waals surface area contributed by atoms with Crippen molar-refractivity contribution in [3.05, 3.63) is 28.4 Å². The van der Waals surface area contributed by atoms with E-state index in [4.69, 9.17) is 4.74 Å². The van der Waals surface area contributed by atoms with Gasteiger partial charge in [-0.15, -0.1) is 0 Å². The van der Waals surface area contributed by atoms with Crippen LogP contribution in [-0.4, -0.2) is 53.7 Å². The first-order chi connectivity index (χ1) is 10.6. The summed E-state index contributed by atoms with van der Waals surface area (Å²) in [6.45, 7) is 4.89. The molecule has 1 aliphatic rings. The van der Waals surface area contributed by atoms with Crippen LogP contribution in [0.3, 0.4) is 0 Å². The van der Waals surface area contributed by atoms with Crippen molar-refractivity contribution >= 4 is 17.6 Å². The zero-order valence-electron chi connectivity index (χ0n) is 12.6. The van der Waals surface area contributed by atoms with Gasteiger partial charge in [-0.05, 0) is 12.5 Å². The smallest absolute Gasteiger partial charge is 0.409 e. The molecule has 8 nitrogen and oxygen atoms in total. The van der Waals surface area contributed by atoms with Gasteiger partial charge in [-0.3, -0.25) is 10.1 Å². The molecule has 0 N–H and O–H groups in total. The molecule has 0 spiro atoms. The summed E-state index contributed by atoms with van der Waals surface area (Å²) in [6, 6.07) is 3.07. The number of nitro groups is 1. The zero-order valence-corrected chi connectivity index (χ0v) is 12.6. The van der Waals surface area contributed by atoms with Crippen LogP contribution in [0.1, 0.15) is 19.8 Å². The Labute approximate surface area is 128 Å². The van der Waals surface area contributed by atoms with E-state index in [9.17, 15) is 14.9 Å². The summed E-state index contributed by atoms with van der Waals surface area (Å²) in [5.41, 5.74) is -0.0260. The molecular formula is C14H20N4O4. The maximum Gasteiger partial charge on any atom is 0.409 e. The van der Waals surface area contributed by atoms with Gasteiger partial charge >= 0.3 is 6.09 Å². The van der Waals surface area contributed by atoms with Gasteiger partial charge in [-0.25, -0.2) is 9.78 Å². The number of nitrogens with zero attached hydrogens (tertiary/aromatic N) is 4. The van der Waals surface area contributed by atoms with Gasteiger partial charge in [0.05, 0.1) is 11.5 Å². The van der Waals surface area contributed by atoms with Gasteiger partial charge in [0.2, 0.25) is 0 Å². The van der Waals surface area contributed by atoms with Crippen molar-refractivity contribution in [2.75, 3.05) is 37.7 Å². The molecule has 0 radical (unpaired) electrons. The third-order valence-electron chi connectivity index (χ3n) is 3.53. The SMILES string of the molecule is CCCCOC(=O)N1CCN(c2ccc([N+](=O)[O-])cn2)CC1. The van der Waals surface area contributed by atoms with Crippen molar-refractivity contribution < 1.29 is 14.5 Å². The third kappa shape index (κ3) is 4.06. The van der Waals surface area contributed by atoms with Gasteiger partial charge in [0.15, 0.2) is 0 Å². The predicted octanol–water partition coefficient (Wildman–Crippen LogP) is 2.05. The van der Waals surface area contributed by atoms with Crippen LogP contribution in [0.2, 0.25) is 0 Å². The molecule has 0 aliphatic carbocycles. The molecule has 0 aromatic carbocycles. The lowest BCUT2D eigenvalue weighted by atomic mass is 10.3. The topological polar surface area (TPSA) is 88.8 Å². The van der Waals surface area contributed by atoms with E-state index in [1.165, 1.54) is 12.3 Å². The highest BCUT2D eigenvalue weighted by Gasteiger charge is 2.23. The quantitative estimate of drug-likeness (QED) is 0.470. The molecule has 2 rings (SSSR count). The van der Waals surface area contributed by atoms with E-state index in [1.807, 2.05) is 11.8 Å². The number of pyridine rings is 1. The molecule has 120 valence electrons. The molecule has 1 fully saturated rings. The second-order valence-electron chi connectivity index (χ2n) is 5.07. The zero-order chi connectivity index (χ0) is 15.9. The maximum atomic E-state index is 11.8. The van der Waals surface area contributed by atoms with Crippen LogP contribution in [-0.2, 0) is 4.74 Å². The number of carbonyl (C=O) groups is 1. The highest BCUT2D eigenvalue weighted by molar-refractivity contribution is 5.68. The standard InChI is InChI=1S/C14H20N4O4/c1-2-3-10-22-14(19)17-8-6-16(7-9-17)13-5-4-12(11-15-13)18(20)21/h4-5,11H,2-3,6-10H2,1H3. The lowest BCUT2D eigenvalue weighted by Gasteiger charge is -2.34. The van der Waals surface area contributed by atoms with Crippen LogP contribution in [0.5, 0.6) is 0 Å². The summed E-state index contributed by atoms with van der Waals surface area (Å²) in [5.74, 6) is 0.685. The van der Waals surface area contributed by atoms with Crippen LogP contribution in [0.15, 0.2) is 18.3 Å². The van der Waals surface area contributed by atoms with Gasteiger partial charge in [-0.2, -0.15) is 0 Å². The van der Waals surface area contributed by atoms with Crippen LogP contribution in [0.4, 0.5) is 16.3 Å². The van der Waals surface area contributed by atoms with Gasteiger partial charge in [0.25, 0.3) is 5.69 Å². The fraction of sp³-hybridized carbons (Fsp3) is 0.571. The maximum absolute atomic E-state index is 11.8. The molecule has 0 saturated carbocycles. The Kier molecular flexibility index (Phi) is 5.51. The second-order valence-corrected chi connectivity index (χ2v) is 5.07. The molecule has 2 heterocycles. The Morgan fingerprint density at radius 3 is 2.64 bits per heavy atom. The molecule has 1 amide bonds. The van der Waals surface area contributed by atoms with Crippen LogP contribution < -0.4 is 4.90 Å². The van der Waals surface area contributed by atoms with Crippen molar-refractivity contribution in [1.82, 2.24) is 9.88 Å². The molecule has 0 unspecified atom stereocenters. The fourth-order valence-corrected chi connectivity index (χ4v) is 2.19. The molecule has 1 aliphatic heterocycles. The van der Waals surface area contributed by atoms with Crippen molar-refractivity contribution in [3.63, 3.8) is 0 Å². The lowest BCUT2D eigenvalue weighted by Crippen LogP contribution is -2.49. The minimum Gasteiger partial charge on any atom is -0.449 e. The summed E-state index contributed by atoms with van der Waals surface area (Å²) < 4.78 is 5.18. The van der Waals surface area contributed by atoms with Crippen molar-refractivity contribution in [3.8, 4) is 0 Å². The van der Waals surface area contributed by atoms with Crippen molar-refractivity contribution in [1.29, 1.82) is 0 Å². The average Bonchev–Trinajstić information content (AvgIpc) is 2.55. The number of aromatic nitrogens is 1. The van der Waals surface area contributed by atoms with Gasteiger partial charge in [-0.1, -0.05) is 13.3 Å². The molecule has 1 aromatic heterocycles. The van der Waals surface area contributed by atoms with Crippen molar-refractivity contribution in [2.24, 2.45) is 0 Å². The highest BCUT2D eigenvalue weighted by Crippen LogP contribution is 2.17. The number of amides is 1. The molecule has 0 bridgehead atoms. The van der Waals surface area contributed by atoms with E-state index in [-0.39, 0.29) is 11.8 Å². The number of ether oxygens (including phenoxy) is 1. The van der Waals surface area contributed by atoms with Gasteiger partial charge in [0.1, 0.15) is 12.0 Å². The van der Waals surface area contributed by atoms with Gasteiger partial charge in [0, 0.05) is 32.2 Å². The highest BCUT2D eigenvalue weighted by atomic mass is 16.6. The van der Waals surface area contributed by atoms with E-state index >= 15 is 0 Å². The average molecular weight is 308 g/mol. The summed E-state index contributed by atoms with van der Waals surface area (Å²) in [5, 5.41) is 10.6. The van der Waals surface area contributed by atoms with E-state index in [0.717, 1.165) is 12.8 Å². The predicted molar refractivity (Wildman–Crippen MR) is 80.9 cm³/mol. The first kappa shape index (κ1) is 16.0. The number of hydrogen-bond donors (Lipinski definition) is 0. The summed E-state index contributed by atoms with van der Waals surface area (Å²) in [6.07, 6.45) is 2.84. The molecular weight excluding hydrogens is 288 g/mol. The number of anilines is 1. The molecule has 0 atom stereocenters. The normalized spacial score (nSPS) is 14.8. The minimum atomic E-state index is -0.471. The van der Waals surface area contributed by atoms with Crippen LogP contribution >= 0.6 is 0 Å². The van der Waals surface area contributed by atoms with Gasteiger partial charge < -0.3 is 14.5 Å².